The summed E-state index contributed by atoms with van der Waals surface area (Å²) in [6, 6.07) is 8.13. The van der Waals surface area contributed by atoms with Crippen LogP contribution in [0.25, 0.3) is 0 Å². The molecule has 98 valence electrons. The van der Waals surface area contributed by atoms with Crippen molar-refractivity contribution in [2.45, 2.75) is 18.9 Å². The number of carbonyl (C=O) groups excluding carboxylic acids is 1. The number of carbonyl (C=O) groups is 1. The maximum absolute atomic E-state index is 11.4. The van der Waals surface area contributed by atoms with Crippen LogP contribution in [-0.2, 0) is 4.79 Å². The molecule has 4 nitrogen and oxygen atoms in total. The first-order valence-electron chi connectivity index (χ1n) is 6.12. The Bertz CT molecular complexity index is 408. The molecule has 1 fully saturated rings. The van der Waals surface area contributed by atoms with E-state index in [-0.39, 0.29) is 5.91 Å². The van der Waals surface area contributed by atoms with Gasteiger partial charge in [-0.15, -0.1) is 0 Å². The van der Waals surface area contributed by atoms with Gasteiger partial charge in [-0.2, -0.15) is 0 Å². The molecule has 0 unspecified atom stereocenters. The van der Waals surface area contributed by atoms with Crippen LogP contribution in [0.15, 0.2) is 28.7 Å². The lowest BCUT2D eigenvalue weighted by atomic mass is 10.3. The summed E-state index contributed by atoms with van der Waals surface area (Å²) in [5, 5.41) is 5.98. The van der Waals surface area contributed by atoms with Gasteiger partial charge >= 0.3 is 0 Å². The summed E-state index contributed by atoms with van der Waals surface area (Å²) in [6.07, 6.45) is 2.25. The number of rotatable bonds is 7. The van der Waals surface area contributed by atoms with E-state index < -0.39 is 0 Å². The maximum Gasteiger partial charge on any atom is 0.234 e. The molecular formula is C13H17BrN2O2. The fourth-order valence-electron chi connectivity index (χ4n) is 1.51. The molecule has 0 heterocycles. The zero-order chi connectivity index (χ0) is 12.8. The average molecular weight is 313 g/mol. The fraction of sp³-hybridized carbons (Fsp3) is 0.462. The van der Waals surface area contributed by atoms with E-state index in [1.165, 1.54) is 0 Å². The highest BCUT2D eigenvalue weighted by Crippen LogP contribution is 2.18. The highest BCUT2D eigenvalue weighted by Gasteiger charge is 2.22. The molecule has 0 aliphatic heterocycles. The third-order valence-electron chi connectivity index (χ3n) is 2.57. The number of nitrogens with one attached hydrogen (secondary N) is 2. The monoisotopic (exact) mass is 312 g/mol. The molecule has 18 heavy (non-hydrogen) atoms. The smallest absolute Gasteiger partial charge is 0.234 e. The van der Waals surface area contributed by atoms with Gasteiger partial charge in [0.05, 0.1) is 6.54 Å². The van der Waals surface area contributed by atoms with Crippen molar-refractivity contribution in [1.29, 1.82) is 0 Å². The topological polar surface area (TPSA) is 50.4 Å². The normalized spacial score (nSPS) is 14.3. The minimum Gasteiger partial charge on any atom is -0.492 e. The lowest BCUT2D eigenvalue weighted by Crippen LogP contribution is -2.36. The van der Waals surface area contributed by atoms with Crippen LogP contribution in [0.3, 0.4) is 0 Å². The quantitative estimate of drug-likeness (QED) is 0.753. The molecule has 1 saturated carbocycles. The molecular weight excluding hydrogens is 296 g/mol. The number of benzene rings is 1. The molecule has 0 atom stereocenters. The second kappa shape index (κ2) is 6.75. The Hall–Kier alpha value is -1.07. The minimum atomic E-state index is 0.0694. The van der Waals surface area contributed by atoms with Crippen LogP contribution in [0.4, 0.5) is 0 Å². The molecule has 5 heteroatoms. The molecule has 1 aliphatic carbocycles. The molecule has 0 aromatic heterocycles. The summed E-state index contributed by atoms with van der Waals surface area (Å²) in [5.41, 5.74) is 0. The molecule has 1 amide bonds. The van der Waals surface area contributed by atoms with Crippen molar-refractivity contribution in [3.05, 3.63) is 28.7 Å². The van der Waals surface area contributed by atoms with Crippen molar-refractivity contribution in [3.63, 3.8) is 0 Å². The van der Waals surface area contributed by atoms with Gasteiger partial charge in [-0.3, -0.25) is 4.79 Å². The van der Waals surface area contributed by atoms with E-state index in [1.54, 1.807) is 0 Å². The molecule has 0 bridgehead atoms. The third-order valence-corrected chi connectivity index (χ3v) is 3.06. The Labute approximate surface area is 115 Å². The Kier molecular flexibility index (Phi) is 5.01. The molecule has 2 N–H and O–H groups in total. The summed E-state index contributed by atoms with van der Waals surface area (Å²) in [7, 11) is 0. The van der Waals surface area contributed by atoms with Crippen LogP contribution in [0.2, 0.25) is 0 Å². The van der Waals surface area contributed by atoms with E-state index in [4.69, 9.17) is 4.74 Å². The van der Waals surface area contributed by atoms with Crippen LogP contribution >= 0.6 is 15.9 Å². The zero-order valence-corrected chi connectivity index (χ0v) is 11.7. The van der Waals surface area contributed by atoms with E-state index >= 15 is 0 Å². The predicted octanol–water partition coefficient (Wildman–Crippen LogP) is 1.70. The van der Waals surface area contributed by atoms with Gasteiger partial charge in [-0.05, 0) is 31.0 Å². The van der Waals surface area contributed by atoms with Gasteiger partial charge in [0, 0.05) is 17.1 Å². The molecule has 1 aliphatic rings. The SMILES string of the molecule is O=C(CNCCOc1cccc(Br)c1)NC1CC1. The number of halogens is 1. The van der Waals surface area contributed by atoms with Gasteiger partial charge in [0.25, 0.3) is 0 Å². The van der Waals surface area contributed by atoms with Crippen molar-refractivity contribution >= 4 is 21.8 Å². The summed E-state index contributed by atoms with van der Waals surface area (Å²) in [4.78, 5) is 11.4. The first-order chi connectivity index (χ1) is 8.74. The van der Waals surface area contributed by atoms with E-state index in [0.717, 1.165) is 23.1 Å². The minimum absolute atomic E-state index is 0.0694. The summed E-state index contributed by atoms with van der Waals surface area (Å²) < 4.78 is 6.53. The molecule has 1 aromatic carbocycles. The standard InChI is InChI=1S/C13H17BrN2O2/c14-10-2-1-3-12(8-10)18-7-6-15-9-13(17)16-11-4-5-11/h1-3,8,11,15H,4-7,9H2,(H,16,17). The largest absolute Gasteiger partial charge is 0.492 e. The second-order valence-corrected chi connectivity index (χ2v) is 5.24. The number of hydrogen-bond acceptors (Lipinski definition) is 3. The van der Waals surface area contributed by atoms with Gasteiger partial charge in [0.1, 0.15) is 12.4 Å². The van der Waals surface area contributed by atoms with Crippen LogP contribution in [0.1, 0.15) is 12.8 Å². The van der Waals surface area contributed by atoms with E-state index in [1.807, 2.05) is 24.3 Å². The van der Waals surface area contributed by atoms with Crippen molar-refractivity contribution in [1.82, 2.24) is 10.6 Å². The number of hydrogen-bond donors (Lipinski definition) is 2. The van der Waals surface area contributed by atoms with Crippen LogP contribution in [0, 0.1) is 0 Å². The zero-order valence-electron chi connectivity index (χ0n) is 10.1. The van der Waals surface area contributed by atoms with Gasteiger partial charge in [-0.1, -0.05) is 22.0 Å². The fourth-order valence-corrected chi connectivity index (χ4v) is 1.88. The Morgan fingerprint density at radius 1 is 1.44 bits per heavy atom. The maximum atomic E-state index is 11.4. The molecule has 0 saturated heterocycles. The second-order valence-electron chi connectivity index (χ2n) is 4.32. The van der Waals surface area contributed by atoms with Crippen LogP contribution in [0.5, 0.6) is 5.75 Å². The lowest BCUT2D eigenvalue weighted by molar-refractivity contribution is -0.120. The third kappa shape index (κ3) is 5.06. The number of amides is 1. The lowest BCUT2D eigenvalue weighted by Gasteiger charge is -2.08. The predicted molar refractivity (Wildman–Crippen MR) is 73.7 cm³/mol. The number of ether oxygens (including phenoxy) is 1. The summed E-state index contributed by atoms with van der Waals surface area (Å²) in [5.74, 6) is 0.897. The highest BCUT2D eigenvalue weighted by molar-refractivity contribution is 9.10. The van der Waals surface area contributed by atoms with Gasteiger partial charge < -0.3 is 15.4 Å². The Morgan fingerprint density at radius 2 is 2.28 bits per heavy atom. The Balaban J connectivity index is 1.54. The van der Waals surface area contributed by atoms with Crippen LogP contribution in [-0.4, -0.2) is 31.6 Å². The summed E-state index contributed by atoms with van der Waals surface area (Å²) >= 11 is 3.38. The van der Waals surface area contributed by atoms with Crippen molar-refractivity contribution in [3.8, 4) is 5.75 Å². The van der Waals surface area contributed by atoms with E-state index in [9.17, 15) is 4.79 Å². The van der Waals surface area contributed by atoms with Crippen molar-refractivity contribution < 1.29 is 9.53 Å². The first kappa shape index (κ1) is 13.4. The van der Waals surface area contributed by atoms with Gasteiger partial charge in [0.2, 0.25) is 5.91 Å². The van der Waals surface area contributed by atoms with Crippen molar-refractivity contribution in [2.24, 2.45) is 0 Å². The van der Waals surface area contributed by atoms with Gasteiger partial charge in [0.15, 0.2) is 0 Å². The molecule has 0 radical (unpaired) electrons. The highest BCUT2D eigenvalue weighted by atomic mass is 79.9. The Morgan fingerprint density at radius 3 is 3.00 bits per heavy atom. The average Bonchev–Trinajstić information content (AvgIpc) is 3.12. The summed E-state index contributed by atoms with van der Waals surface area (Å²) in [6.45, 7) is 1.57. The molecule has 1 aromatic rings. The van der Waals surface area contributed by atoms with Crippen LogP contribution < -0.4 is 15.4 Å². The van der Waals surface area contributed by atoms with Crippen molar-refractivity contribution in [2.75, 3.05) is 19.7 Å². The first-order valence-corrected chi connectivity index (χ1v) is 6.92. The molecule has 2 rings (SSSR count). The van der Waals surface area contributed by atoms with Gasteiger partial charge in [-0.25, -0.2) is 0 Å². The van der Waals surface area contributed by atoms with E-state index in [0.29, 0.717) is 25.7 Å². The van der Waals surface area contributed by atoms with E-state index in [2.05, 4.69) is 26.6 Å². The molecule has 0 spiro atoms.